The van der Waals surface area contributed by atoms with Gasteiger partial charge < -0.3 is 11.1 Å². The lowest BCUT2D eigenvalue weighted by Crippen LogP contribution is -2.30. The Morgan fingerprint density at radius 2 is 1.95 bits per heavy atom. The largest absolute Gasteiger partial charge is 0.356 e. The van der Waals surface area contributed by atoms with Gasteiger partial charge in [-0.1, -0.05) is 49.4 Å². The third kappa shape index (κ3) is 4.07. The predicted molar refractivity (Wildman–Crippen MR) is 83.5 cm³/mol. The summed E-state index contributed by atoms with van der Waals surface area (Å²) in [6.07, 6.45) is 1.37. The summed E-state index contributed by atoms with van der Waals surface area (Å²) in [6, 6.07) is 14.3. The molecule has 2 aromatic carbocycles. The summed E-state index contributed by atoms with van der Waals surface area (Å²) < 4.78 is 0. The Bertz CT molecular complexity index is 580. The summed E-state index contributed by atoms with van der Waals surface area (Å²) in [5.41, 5.74) is 6.55. The van der Waals surface area contributed by atoms with E-state index >= 15 is 0 Å². The molecule has 20 heavy (non-hydrogen) atoms. The van der Waals surface area contributed by atoms with Crippen LogP contribution < -0.4 is 11.1 Å². The molecule has 0 aromatic heterocycles. The normalized spacial score (nSPS) is 12.3. The van der Waals surface area contributed by atoms with E-state index in [0.717, 1.165) is 12.0 Å². The number of nitrogens with one attached hydrogen (secondary N) is 1. The fraction of sp³-hybridized carbons (Fsp3) is 0.353. The Morgan fingerprint density at radius 3 is 2.70 bits per heavy atom. The summed E-state index contributed by atoms with van der Waals surface area (Å²) in [6.45, 7) is 3.47. The zero-order valence-corrected chi connectivity index (χ0v) is 11.9. The van der Waals surface area contributed by atoms with Gasteiger partial charge in [-0.2, -0.15) is 0 Å². The molecule has 0 saturated carbocycles. The molecule has 1 unspecified atom stereocenters. The Kier molecular flexibility index (Phi) is 5.13. The lowest BCUT2D eigenvalue weighted by molar-refractivity contribution is -0.120. The molecule has 0 bridgehead atoms. The van der Waals surface area contributed by atoms with Gasteiger partial charge in [0.05, 0.1) is 6.42 Å². The van der Waals surface area contributed by atoms with Crippen molar-refractivity contribution >= 4 is 16.7 Å². The standard InChI is InChI=1S/C17H22N2O/c1-13(8-9-18)12-19-17(20)11-14-6-7-15-4-2-3-5-16(15)10-14/h2-7,10,13H,8-9,11-12,18H2,1H3,(H,19,20). The number of carbonyl (C=O) groups excluding carboxylic acids is 1. The molecule has 0 aliphatic rings. The van der Waals surface area contributed by atoms with Crippen LogP contribution in [0.15, 0.2) is 42.5 Å². The maximum absolute atomic E-state index is 11.9. The highest BCUT2D eigenvalue weighted by molar-refractivity contribution is 5.85. The van der Waals surface area contributed by atoms with Crippen LogP contribution in [0.5, 0.6) is 0 Å². The van der Waals surface area contributed by atoms with Crippen LogP contribution >= 0.6 is 0 Å². The third-order valence-corrected chi connectivity index (χ3v) is 3.49. The second-order valence-electron chi connectivity index (χ2n) is 5.34. The summed E-state index contributed by atoms with van der Waals surface area (Å²) in [7, 11) is 0. The molecule has 0 spiro atoms. The fourth-order valence-corrected chi connectivity index (χ4v) is 2.27. The molecule has 0 saturated heterocycles. The van der Waals surface area contributed by atoms with Crippen LogP contribution in [0, 0.1) is 5.92 Å². The van der Waals surface area contributed by atoms with Crippen molar-refractivity contribution in [1.29, 1.82) is 0 Å². The lowest BCUT2D eigenvalue weighted by atomic mass is 10.0. The van der Waals surface area contributed by atoms with Crippen molar-refractivity contribution in [3.05, 3.63) is 48.0 Å². The van der Waals surface area contributed by atoms with E-state index in [0.29, 0.717) is 25.4 Å². The van der Waals surface area contributed by atoms with Crippen LogP contribution in [0.1, 0.15) is 18.9 Å². The summed E-state index contributed by atoms with van der Waals surface area (Å²) in [5.74, 6) is 0.504. The van der Waals surface area contributed by atoms with E-state index in [1.807, 2.05) is 18.2 Å². The Morgan fingerprint density at radius 1 is 1.20 bits per heavy atom. The first-order valence-corrected chi connectivity index (χ1v) is 7.13. The molecule has 0 heterocycles. The highest BCUT2D eigenvalue weighted by atomic mass is 16.1. The quantitative estimate of drug-likeness (QED) is 0.847. The summed E-state index contributed by atoms with van der Waals surface area (Å²) in [5, 5.41) is 5.35. The first-order valence-electron chi connectivity index (χ1n) is 7.13. The number of hydrogen-bond acceptors (Lipinski definition) is 2. The molecule has 1 atom stereocenters. The Balaban J connectivity index is 1.92. The van der Waals surface area contributed by atoms with E-state index in [1.54, 1.807) is 0 Å². The number of benzene rings is 2. The molecule has 0 aliphatic heterocycles. The molecule has 2 rings (SSSR count). The van der Waals surface area contributed by atoms with E-state index in [-0.39, 0.29) is 5.91 Å². The Hall–Kier alpha value is -1.87. The van der Waals surface area contributed by atoms with Crippen LogP contribution in [0.25, 0.3) is 10.8 Å². The van der Waals surface area contributed by atoms with E-state index in [9.17, 15) is 4.79 Å². The minimum absolute atomic E-state index is 0.0733. The van der Waals surface area contributed by atoms with Gasteiger partial charge in [-0.25, -0.2) is 0 Å². The average molecular weight is 270 g/mol. The van der Waals surface area contributed by atoms with Gasteiger partial charge in [-0.3, -0.25) is 4.79 Å². The summed E-state index contributed by atoms with van der Waals surface area (Å²) >= 11 is 0. The van der Waals surface area contributed by atoms with Gasteiger partial charge in [0.25, 0.3) is 0 Å². The van der Waals surface area contributed by atoms with Gasteiger partial charge in [0.15, 0.2) is 0 Å². The number of fused-ring (bicyclic) bond motifs is 1. The first kappa shape index (κ1) is 14.5. The van der Waals surface area contributed by atoms with E-state index in [2.05, 4.69) is 36.5 Å². The highest BCUT2D eigenvalue weighted by Gasteiger charge is 2.06. The highest BCUT2D eigenvalue weighted by Crippen LogP contribution is 2.15. The second-order valence-corrected chi connectivity index (χ2v) is 5.34. The predicted octanol–water partition coefficient (Wildman–Crippen LogP) is 2.48. The zero-order valence-electron chi connectivity index (χ0n) is 11.9. The Labute approximate surface area is 120 Å². The van der Waals surface area contributed by atoms with E-state index in [1.165, 1.54) is 10.8 Å². The minimum atomic E-state index is 0.0733. The van der Waals surface area contributed by atoms with Gasteiger partial charge in [0.1, 0.15) is 0 Å². The third-order valence-electron chi connectivity index (χ3n) is 3.49. The molecule has 0 radical (unpaired) electrons. The maximum Gasteiger partial charge on any atom is 0.224 e. The van der Waals surface area contributed by atoms with E-state index in [4.69, 9.17) is 5.73 Å². The maximum atomic E-state index is 11.9. The molecule has 3 nitrogen and oxygen atoms in total. The number of carbonyl (C=O) groups is 1. The molecule has 2 aromatic rings. The first-order chi connectivity index (χ1) is 9.69. The van der Waals surface area contributed by atoms with Gasteiger partial charge in [-0.05, 0) is 35.2 Å². The van der Waals surface area contributed by atoms with Crippen LogP contribution in [-0.2, 0) is 11.2 Å². The topological polar surface area (TPSA) is 55.1 Å². The lowest BCUT2D eigenvalue weighted by Gasteiger charge is -2.11. The molecule has 3 N–H and O–H groups in total. The van der Waals surface area contributed by atoms with Crippen LogP contribution in [0.3, 0.4) is 0 Å². The smallest absolute Gasteiger partial charge is 0.224 e. The molecule has 3 heteroatoms. The number of hydrogen-bond donors (Lipinski definition) is 2. The van der Waals surface area contributed by atoms with Crippen LogP contribution in [0.2, 0.25) is 0 Å². The van der Waals surface area contributed by atoms with Crippen molar-refractivity contribution in [3.8, 4) is 0 Å². The summed E-state index contributed by atoms with van der Waals surface area (Å²) in [4.78, 5) is 11.9. The molecular weight excluding hydrogens is 248 g/mol. The molecular formula is C17H22N2O. The van der Waals surface area contributed by atoms with Crippen LogP contribution in [-0.4, -0.2) is 19.0 Å². The molecule has 1 amide bonds. The van der Waals surface area contributed by atoms with Crippen molar-refractivity contribution in [2.45, 2.75) is 19.8 Å². The van der Waals surface area contributed by atoms with Crippen LogP contribution in [0.4, 0.5) is 0 Å². The van der Waals surface area contributed by atoms with Gasteiger partial charge >= 0.3 is 0 Å². The van der Waals surface area contributed by atoms with Gasteiger partial charge in [-0.15, -0.1) is 0 Å². The minimum Gasteiger partial charge on any atom is -0.356 e. The van der Waals surface area contributed by atoms with Crippen molar-refractivity contribution in [2.24, 2.45) is 11.7 Å². The van der Waals surface area contributed by atoms with Crippen molar-refractivity contribution < 1.29 is 4.79 Å². The van der Waals surface area contributed by atoms with Crippen molar-refractivity contribution in [3.63, 3.8) is 0 Å². The van der Waals surface area contributed by atoms with Gasteiger partial charge in [0, 0.05) is 6.54 Å². The number of rotatable bonds is 6. The molecule has 106 valence electrons. The van der Waals surface area contributed by atoms with E-state index < -0.39 is 0 Å². The van der Waals surface area contributed by atoms with Crippen molar-refractivity contribution in [1.82, 2.24) is 5.32 Å². The molecule has 0 aliphatic carbocycles. The fourth-order valence-electron chi connectivity index (χ4n) is 2.27. The number of nitrogens with two attached hydrogens (primary N) is 1. The second kappa shape index (κ2) is 7.06. The van der Waals surface area contributed by atoms with Crippen molar-refractivity contribution in [2.75, 3.05) is 13.1 Å². The molecule has 0 fully saturated rings. The zero-order chi connectivity index (χ0) is 14.4. The number of amides is 1. The van der Waals surface area contributed by atoms with Gasteiger partial charge in [0.2, 0.25) is 5.91 Å². The average Bonchev–Trinajstić information content (AvgIpc) is 2.45. The SMILES string of the molecule is CC(CCN)CNC(=O)Cc1ccc2ccccc2c1. The monoisotopic (exact) mass is 270 g/mol.